The Morgan fingerprint density at radius 3 is 2.30 bits per heavy atom. The van der Waals surface area contributed by atoms with Gasteiger partial charge in [-0.15, -0.1) is 0 Å². The molecule has 0 fully saturated rings. The molecule has 102 valence electrons. The van der Waals surface area contributed by atoms with Gasteiger partial charge in [0, 0.05) is 12.6 Å². The van der Waals surface area contributed by atoms with Crippen LogP contribution in [0.4, 0.5) is 10.1 Å². The van der Waals surface area contributed by atoms with Gasteiger partial charge in [0.15, 0.2) is 5.82 Å². The van der Waals surface area contributed by atoms with E-state index in [0.29, 0.717) is 5.56 Å². The third-order valence-corrected chi connectivity index (χ3v) is 2.90. The van der Waals surface area contributed by atoms with Crippen LogP contribution in [0.3, 0.4) is 0 Å². The minimum absolute atomic E-state index is 0.0706. The van der Waals surface area contributed by atoms with Crippen molar-refractivity contribution in [2.24, 2.45) is 0 Å². The van der Waals surface area contributed by atoms with Crippen LogP contribution in [0.15, 0.2) is 48.5 Å². The average molecular weight is 273 g/mol. The lowest BCUT2D eigenvalue weighted by Gasteiger charge is -2.18. The first kappa shape index (κ1) is 13.7. The van der Waals surface area contributed by atoms with Gasteiger partial charge in [-0.1, -0.05) is 24.3 Å². The van der Waals surface area contributed by atoms with Gasteiger partial charge in [0.1, 0.15) is 0 Å². The molecule has 0 unspecified atom stereocenters. The maximum absolute atomic E-state index is 14.1. The molecule has 4 nitrogen and oxygen atoms in total. The molecular formula is C15H12FNO3. The van der Waals surface area contributed by atoms with Gasteiger partial charge < -0.3 is 10.0 Å². The van der Waals surface area contributed by atoms with Gasteiger partial charge in [-0.05, 0) is 24.3 Å². The number of carbonyl (C=O) groups excluding carboxylic acids is 1. The van der Waals surface area contributed by atoms with Crippen molar-refractivity contribution in [3.63, 3.8) is 0 Å². The molecule has 0 bridgehead atoms. The number of amides is 1. The molecule has 2 rings (SSSR count). The van der Waals surface area contributed by atoms with E-state index < -0.39 is 23.3 Å². The Labute approximate surface area is 115 Å². The van der Waals surface area contributed by atoms with Crippen LogP contribution < -0.4 is 4.90 Å². The quantitative estimate of drug-likeness (QED) is 0.935. The molecule has 0 aliphatic rings. The summed E-state index contributed by atoms with van der Waals surface area (Å²) in [7, 11) is 1.40. The van der Waals surface area contributed by atoms with Crippen molar-refractivity contribution in [2.75, 3.05) is 11.9 Å². The van der Waals surface area contributed by atoms with Gasteiger partial charge in [-0.25, -0.2) is 9.18 Å². The fourth-order valence-corrected chi connectivity index (χ4v) is 1.83. The standard InChI is InChI=1S/C15H12FNO3/c1-17(14(18)10-6-3-2-4-7-10)12-9-5-8-11(13(12)16)15(19)20/h2-9H,1H3,(H,19,20). The van der Waals surface area contributed by atoms with Crippen LogP contribution in [0.2, 0.25) is 0 Å². The van der Waals surface area contributed by atoms with Crippen molar-refractivity contribution in [3.8, 4) is 0 Å². The summed E-state index contributed by atoms with van der Waals surface area (Å²) in [5.41, 5.74) is -0.135. The van der Waals surface area contributed by atoms with Crippen LogP contribution in [-0.4, -0.2) is 24.0 Å². The second-order valence-electron chi connectivity index (χ2n) is 4.17. The molecule has 0 aliphatic carbocycles. The first-order valence-electron chi connectivity index (χ1n) is 5.87. The Hall–Kier alpha value is -2.69. The van der Waals surface area contributed by atoms with E-state index in [1.165, 1.54) is 19.2 Å². The van der Waals surface area contributed by atoms with E-state index >= 15 is 0 Å². The zero-order chi connectivity index (χ0) is 14.7. The van der Waals surface area contributed by atoms with Crippen LogP contribution in [-0.2, 0) is 0 Å². The highest BCUT2D eigenvalue weighted by Gasteiger charge is 2.20. The van der Waals surface area contributed by atoms with Gasteiger partial charge in [0.25, 0.3) is 5.91 Å². The van der Waals surface area contributed by atoms with E-state index in [0.717, 1.165) is 11.0 Å². The van der Waals surface area contributed by atoms with E-state index in [2.05, 4.69) is 0 Å². The minimum atomic E-state index is -1.37. The molecule has 1 N–H and O–H groups in total. The monoisotopic (exact) mass is 273 g/mol. The van der Waals surface area contributed by atoms with Crippen molar-refractivity contribution in [1.29, 1.82) is 0 Å². The molecule has 0 atom stereocenters. The molecule has 0 saturated heterocycles. The average Bonchev–Trinajstić information content (AvgIpc) is 2.46. The number of hydrogen-bond acceptors (Lipinski definition) is 2. The van der Waals surface area contributed by atoms with Gasteiger partial charge >= 0.3 is 5.97 Å². The highest BCUT2D eigenvalue weighted by Crippen LogP contribution is 2.22. The molecule has 1 amide bonds. The van der Waals surface area contributed by atoms with Gasteiger partial charge in [-0.3, -0.25) is 4.79 Å². The predicted molar refractivity (Wildman–Crippen MR) is 72.5 cm³/mol. The van der Waals surface area contributed by atoms with Crippen molar-refractivity contribution < 1.29 is 19.1 Å². The zero-order valence-electron chi connectivity index (χ0n) is 10.7. The Morgan fingerprint density at radius 2 is 1.70 bits per heavy atom. The first-order chi connectivity index (χ1) is 9.52. The number of benzene rings is 2. The van der Waals surface area contributed by atoms with Crippen LogP contribution >= 0.6 is 0 Å². The fourth-order valence-electron chi connectivity index (χ4n) is 1.83. The molecule has 2 aromatic rings. The topological polar surface area (TPSA) is 57.6 Å². The lowest BCUT2D eigenvalue weighted by Crippen LogP contribution is -2.27. The minimum Gasteiger partial charge on any atom is -0.478 e. The smallest absolute Gasteiger partial charge is 0.338 e. The Bertz CT molecular complexity index is 655. The number of rotatable bonds is 3. The van der Waals surface area contributed by atoms with E-state index in [1.54, 1.807) is 30.3 Å². The van der Waals surface area contributed by atoms with Gasteiger partial charge in [0.2, 0.25) is 0 Å². The summed E-state index contributed by atoms with van der Waals surface area (Å²) in [4.78, 5) is 24.2. The number of nitrogens with zero attached hydrogens (tertiary/aromatic N) is 1. The summed E-state index contributed by atoms with van der Waals surface area (Å²) in [5, 5.41) is 8.88. The SMILES string of the molecule is CN(C(=O)c1ccccc1)c1cccc(C(=O)O)c1F. The maximum Gasteiger partial charge on any atom is 0.338 e. The second-order valence-corrected chi connectivity index (χ2v) is 4.17. The number of halogens is 1. The first-order valence-corrected chi connectivity index (χ1v) is 5.87. The van der Waals surface area contributed by atoms with E-state index in [1.807, 2.05) is 0 Å². The van der Waals surface area contributed by atoms with Crippen molar-refractivity contribution in [2.45, 2.75) is 0 Å². The molecule has 0 spiro atoms. The normalized spacial score (nSPS) is 10.1. The van der Waals surface area contributed by atoms with E-state index in [4.69, 9.17) is 5.11 Å². The third-order valence-electron chi connectivity index (χ3n) is 2.90. The summed E-state index contributed by atoms with van der Waals surface area (Å²) in [6.45, 7) is 0. The van der Waals surface area contributed by atoms with Gasteiger partial charge in [-0.2, -0.15) is 0 Å². The summed E-state index contributed by atoms with van der Waals surface area (Å²) in [5.74, 6) is -2.70. The molecule has 0 saturated carbocycles. The highest BCUT2D eigenvalue weighted by molar-refractivity contribution is 6.06. The summed E-state index contributed by atoms with van der Waals surface area (Å²) in [6, 6.07) is 12.3. The molecule has 20 heavy (non-hydrogen) atoms. The highest BCUT2D eigenvalue weighted by atomic mass is 19.1. The predicted octanol–water partition coefficient (Wildman–Crippen LogP) is 2.80. The van der Waals surface area contributed by atoms with Crippen LogP contribution in [0.1, 0.15) is 20.7 Å². The number of carboxylic acids is 1. The third kappa shape index (κ3) is 2.51. The number of carboxylic acid groups (broad SMARTS) is 1. The molecule has 0 radical (unpaired) electrons. The van der Waals surface area contributed by atoms with Crippen LogP contribution in [0.25, 0.3) is 0 Å². The molecule has 2 aromatic carbocycles. The number of aromatic carboxylic acids is 1. The largest absolute Gasteiger partial charge is 0.478 e. The van der Waals surface area contributed by atoms with Crippen LogP contribution in [0.5, 0.6) is 0 Å². The second kappa shape index (κ2) is 5.52. The Kier molecular flexibility index (Phi) is 3.79. The van der Waals surface area contributed by atoms with E-state index in [9.17, 15) is 14.0 Å². The molecule has 0 aromatic heterocycles. The zero-order valence-corrected chi connectivity index (χ0v) is 10.7. The fraction of sp³-hybridized carbons (Fsp3) is 0.0667. The summed E-state index contributed by atoms with van der Waals surface area (Å²) in [6.07, 6.45) is 0. The molecule has 0 aliphatic heterocycles. The maximum atomic E-state index is 14.1. The molecular weight excluding hydrogens is 261 g/mol. The lowest BCUT2D eigenvalue weighted by molar-refractivity contribution is 0.0691. The molecule has 0 heterocycles. The Morgan fingerprint density at radius 1 is 1.05 bits per heavy atom. The summed E-state index contributed by atoms with van der Waals surface area (Å²) >= 11 is 0. The number of hydrogen-bond donors (Lipinski definition) is 1. The van der Waals surface area contributed by atoms with Crippen molar-refractivity contribution >= 4 is 17.6 Å². The lowest BCUT2D eigenvalue weighted by atomic mass is 10.1. The van der Waals surface area contributed by atoms with Crippen molar-refractivity contribution in [3.05, 3.63) is 65.5 Å². The number of anilines is 1. The summed E-state index contributed by atoms with van der Waals surface area (Å²) < 4.78 is 14.1. The van der Waals surface area contributed by atoms with Crippen LogP contribution in [0, 0.1) is 5.82 Å². The van der Waals surface area contributed by atoms with Gasteiger partial charge in [0.05, 0.1) is 11.3 Å². The number of carbonyl (C=O) groups is 2. The Balaban J connectivity index is 2.39. The van der Waals surface area contributed by atoms with Crippen molar-refractivity contribution in [1.82, 2.24) is 0 Å². The van der Waals surface area contributed by atoms with E-state index in [-0.39, 0.29) is 5.69 Å². The molecule has 5 heteroatoms.